The highest BCUT2D eigenvalue weighted by atomic mass is 16.5. The van der Waals surface area contributed by atoms with Gasteiger partial charge in [0, 0.05) is 34.0 Å². The number of likely N-dealkylation sites (N-methyl/N-ethyl adjacent to an activating group) is 1. The van der Waals surface area contributed by atoms with Gasteiger partial charge in [-0.25, -0.2) is 9.78 Å². The molecule has 2 rings (SSSR count). The number of rotatable bonds is 24. The molecular weight excluding hydrogens is 530 g/mol. The Labute approximate surface area is 253 Å². The maximum Gasteiger partial charge on any atom is 0.329 e. The molecule has 9 nitrogen and oxygen atoms in total. The van der Waals surface area contributed by atoms with Gasteiger partial charge in [-0.2, -0.15) is 0 Å². The topological polar surface area (TPSA) is 102 Å². The van der Waals surface area contributed by atoms with Crippen LogP contribution in [0.25, 0.3) is 11.2 Å². The normalized spacial score (nSPS) is 12.4. The Balaban J connectivity index is 1.54. The van der Waals surface area contributed by atoms with Crippen molar-refractivity contribution < 1.29 is 9.53 Å². The molecule has 9 heteroatoms. The fourth-order valence-electron chi connectivity index (χ4n) is 5.85. The minimum Gasteiger partial charge on any atom is -0.461 e. The minimum atomic E-state index is -0.437. The van der Waals surface area contributed by atoms with Gasteiger partial charge < -0.3 is 14.2 Å². The lowest BCUT2D eigenvalue weighted by Gasteiger charge is -2.24. The number of aromatic nitrogens is 4. The van der Waals surface area contributed by atoms with E-state index in [1.165, 1.54) is 88.5 Å². The summed E-state index contributed by atoms with van der Waals surface area (Å²) in [5, 5.41) is 0. The van der Waals surface area contributed by atoms with Crippen molar-refractivity contribution in [3.05, 3.63) is 26.7 Å². The zero-order valence-corrected chi connectivity index (χ0v) is 27.3. The number of fused-ring (bicyclic) bond motifs is 1. The second-order valence-electron chi connectivity index (χ2n) is 12.3. The summed E-state index contributed by atoms with van der Waals surface area (Å²) in [6.07, 6.45) is 23.0. The van der Waals surface area contributed by atoms with Crippen LogP contribution in [0.3, 0.4) is 0 Å². The molecule has 2 aromatic heterocycles. The van der Waals surface area contributed by atoms with Crippen LogP contribution in [-0.4, -0.2) is 56.2 Å². The molecule has 2 heterocycles. The van der Waals surface area contributed by atoms with Gasteiger partial charge in [-0.1, -0.05) is 96.8 Å². The molecule has 0 radical (unpaired) electrons. The largest absolute Gasteiger partial charge is 0.461 e. The van der Waals surface area contributed by atoms with Crippen LogP contribution in [0.1, 0.15) is 135 Å². The molecule has 1 atom stereocenters. The number of aromatic amines is 1. The average Bonchev–Trinajstić information content (AvgIpc) is 3.28. The molecule has 0 aromatic carbocycles. The third-order valence-electron chi connectivity index (χ3n) is 8.40. The smallest absolute Gasteiger partial charge is 0.329 e. The number of carbonyl (C=O) groups is 1. The van der Waals surface area contributed by atoms with E-state index in [0.717, 1.165) is 63.9 Å². The fraction of sp³-hybridized carbons (Fsp3) is 0.818. The summed E-state index contributed by atoms with van der Waals surface area (Å²) in [6.45, 7) is 5.67. The number of hydrogen-bond acceptors (Lipinski definition) is 6. The molecule has 0 aliphatic heterocycles. The molecule has 0 fully saturated rings. The van der Waals surface area contributed by atoms with Gasteiger partial charge in [-0.05, 0) is 39.3 Å². The van der Waals surface area contributed by atoms with Crippen LogP contribution < -0.4 is 11.2 Å². The van der Waals surface area contributed by atoms with Crippen LogP contribution in [0.2, 0.25) is 0 Å². The first kappa shape index (κ1) is 35.8. The van der Waals surface area contributed by atoms with Gasteiger partial charge in [0.05, 0.1) is 0 Å². The van der Waals surface area contributed by atoms with Gasteiger partial charge in [-0.3, -0.25) is 19.1 Å². The molecule has 1 unspecified atom stereocenters. The molecule has 0 aliphatic rings. The Hall–Kier alpha value is -2.42. The van der Waals surface area contributed by atoms with Crippen molar-refractivity contribution in [1.82, 2.24) is 24.0 Å². The first-order valence-electron chi connectivity index (χ1n) is 16.7. The summed E-state index contributed by atoms with van der Waals surface area (Å²) in [5.74, 6) is 0.658. The van der Waals surface area contributed by atoms with Crippen molar-refractivity contribution in [3.8, 4) is 0 Å². The van der Waals surface area contributed by atoms with Gasteiger partial charge in [0.2, 0.25) is 0 Å². The summed E-state index contributed by atoms with van der Waals surface area (Å²) in [5.41, 5.74) is 0.0705. The van der Waals surface area contributed by atoms with Crippen molar-refractivity contribution in [3.63, 3.8) is 0 Å². The van der Waals surface area contributed by atoms with E-state index in [4.69, 9.17) is 4.74 Å². The number of esters is 1. The van der Waals surface area contributed by atoms with Gasteiger partial charge in [0.15, 0.2) is 11.2 Å². The maximum absolute atomic E-state index is 12.2. The van der Waals surface area contributed by atoms with Crippen LogP contribution in [-0.2, 0) is 30.0 Å². The molecule has 0 amide bonds. The number of hydrogen-bond donors (Lipinski definition) is 1. The highest BCUT2D eigenvalue weighted by Crippen LogP contribution is 2.16. The molecule has 2 aromatic rings. The predicted octanol–water partition coefficient (Wildman–Crippen LogP) is 6.41. The van der Waals surface area contributed by atoms with E-state index in [0.29, 0.717) is 11.2 Å². The van der Waals surface area contributed by atoms with E-state index in [1.54, 1.807) is 7.05 Å². The summed E-state index contributed by atoms with van der Waals surface area (Å²) in [6, 6.07) is 0. The zero-order chi connectivity index (χ0) is 30.7. The number of ether oxygens (including phenoxy) is 1. The third-order valence-corrected chi connectivity index (χ3v) is 8.40. The standard InChI is InChI=1S/C33H59N5O4/c1-6-7-8-9-10-11-12-16-19-22-25-36(3)26-28(42-27(2)39)23-20-17-14-13-15-18-21-24-29-34-31-30(37(29)4)32(40)35-33(41)38(31)5/h28H,6-26H2,1-5H3,(H,35,40,41). The van der Waals surface area contributed by atoms with E-state index in [2.05, 4.69) is 28.8 Å². The second-order valence-corrected chi connectivity index (χ2v) is 12.3. The monoisotopic (exact) mass is 589 g/mol. The lowest BCUT2D eigenvalue weighted by Crippen LogP contribution is -2.33. The maximum atomic E-state index is 12.2. The molecule has 42 heavy (non-hydrogen) atoms. The summed E-state index contributed by atoms with van der Waals surface area (Å²) in [7, 11) is 5.61. The van der Waals surface area contributed by atoms with E-state index in [9.17, 15) is 14.4 Å². The Morgan fingerprint density at radius 3 is 1.98 bits per heavy atom. The molecule has 0 aliphatic carbocycles. The van der Waals surface area contributed by atoms with Gasteiger partial charge in [0.25, 0.3) is 5.56 Å². The second kappa shape index (κ2) is 20.5. The van der Waals surface area contributed by atoms with Crippen LogP contribution in [0, 0.1) is 0 Å². The molecular formula is C33H59N5O4. The lowest BCUT2D eigenvalue weighted by atomic mass is 10.0. The summed E-state index contributed by atoms with van der Waals surface area (Å²) in [4.78, 5) is 44.9. The molecule has 1 N–H and O–H groups in total. The number of aryl methyl sites for hydroxylation is 3. The fourth-order valence-corrected chi connectivity index (χ4v) is 5.85. The molecule has 0 spiro atoms. The van der Waals surface area contributed by atoms with Gasteiger partial charge in [0.1, 0.15) is 11.9 Å². The quantitative estimate of drug-likeness (QED) is 0.112. The molecule has 0 bridgehead atoms. The van der Waals surface area contributed by atoms with Crippen molar-refractivity contribution >= 4 is 17.1 Å². The number of H-pyrrole nitrogens is 1. The third kappa shape index (κ3) is 13.3. The highest BCUT2D eigenvalue weighted by Gasteiger charge is 2.16. The van der Waals surface area contributed by atoms with E-state index in [1.807, 2.05) is 11.6 Å². The van der Waals surface area contributed by atoms with Crippen molar-refractivity contribution in [2.75, 3.05) is 20.1 Å². The van der Waals surface area contributed by atoms with Crippen LogP contribution in [0.5, 0.6) is 0 Å². The van der Waals surface area contributed by atoms with Crippen molar-refractivity contribution in [1.29, 1.82) is 0 Å². The zero-order valence-electron chi connectivity index (χ0n) is 27.3. The number of imidazole rings is 1. The number of carbonyl (C=O) groups excluding carboxylic acids is 1. The minimum absolute atomic E-state index is 0.0179. The SMILES string of the molecule is CCCCCCCCCCCCN(C)CC(CCCCCCCCCc1nc2c(c(=O)[nH]c(=O)n2C)n1C)OC(C)=O. The van der Waals surface area contributed by atoms with E-state index in [-0.39, 0.29) is 17.6 Å². The van der Waals surface area contributed by atoms with Crippen LogP contribution >= 0.6 is 0 Å². The van der Waals surface area contributed by atoms with Crippen LogP contribution in [0.4, 0.5) is 0 Å². The Bertz CT molecular complexity index is 1150. The highest BCUT2D eigenvalue weighted by molar-refractivity contribution is 5.70. The van der Waals surface area contributed by atoms with E-state index >= 15 is 0 Å². The Kier molecular flexibility index (Phi) is 17.4. The lowest BCUT2D eigenvalue weighted by molar-refractivity contribution is -0.147. The Morgan fingerprint density at radius 1 is 0.833 bits per heavy atom. The first-order chi connectivity index (χ1) is 20.2. The molecule has 0 saturated carbocycles. The van der Waals surface area contributed by atoms with Crippen LogP contribution in [0.15, 0.2) is 9.59 Å². The Morgan fingerprint density at radius 2 is 1.38 bits per heavy atom. The molecule has 240 valence electrons. The first-order valence-corrected chi connectivity index (χ1v) is 16.7. The summed E-state index contributed by atoms with van der Waals surface area (Å²) < 4.78 is 8.85. The van der Waals surface area contributed by atoms with Gasteiger partial charge in [-0.15, -0.1) is 0 Å². The molecule has 0 saturated heterocycles. The number of nitrogens with one attached hydrogen (secondary N) is 1. The predicted molar refractivity (Wildman–Crippen MR) is 172 cm³/mol. The van der Waals surface area contributed by atoms with Gasteiger partial charge >= 0.3 is 11.7 Å². The average molecular weight is 590 g/mol. The number of unbranched alkanes of at least 4 members (excludes halogenated alkanes) is 15. The number of nitrogens with zero attached hydrogens (tertiary/aromatic N) is 4. The summed E-state index contributed by atoms with van der Waals surface area (Å²) >= 11 is 0. The van der Waals surface area contributed by atoms with Crippen molar-refractivity contribution in [2.24, 2.45) is 14.1 Å². The van der Waals surface area contributed by atoms with E-state index < -0.39 is 5.69 Å². The van der Waals surface area contributed by atoms with Crippen molar-refractivity contribution in [2.45, 2.75) is 142 Å².